The van der Waals surface area contributed by atoms with Gasteiger partial charge in [-0.1, -0.05) is 72.3 Å². The van der Waals surface area contributed by atoms with Crippen LogP contribution in [0.3, 0.4) is 0 Å². The Morgan fingerprint density at radius 3 is 2.22 bits per heavy atom. The van der Waals surface area contributed by atoms with Gasteiger partial charge < -0.3 is 4.90 Å². The lowest BCUT2D eigenvalue weighted by atomic mass is 9.78. The van der Waals surface area contributed by atoms with E-state index in [0.717, 1.165) is 19.8 Å². The van der Waals surface area contributed by atoms with E-state index < -0.39 is 36.7 Å². The summed E-state index contributed by atoms with van der Waals surface area (Å²) in [4.78, 5) is 27.2. The number of phosphoric ester groups is 1. The van der Waals surface area contributed by atoms with Gasteiger partial charge in [-0.15, -0.1) is 0 Å². The normalized spacial score (nSPS) is 18.2. The number of phosphoric acid groups is 1. The average Bonchev–Trinajstić information content (AvgIpc) is 3.10. The van der Waals surface area contributed by atoms with E-state index in [9.17, 15) is 19.5 Å². The molecule has 0 aromatic heterocycles. The van der Waals surface area contributed by atoms with Crippen LogP contribution in [0.4, 0.5) is 5.69 Å². The molecule has 3 aromatic carbocycles. The molecule has 1 heterocycles. The van der Waals surface area contributed by atoms with Crippen LogP contribution in [0.1, 0.15) is 22.6 Å². The highest BCUT2D eigenvalue weighted by Crippen LogP contribution is 2.61. The predicted molar refractivity (Wildman–Crippen MR) is 135 cm³/mol. The zero-order valence-electron chi connectivity index (χ0n) is 19.6. The van der Waals surface area contributed by atoms with Gasteiger partial charge in [-0.2, -0.15) is 0 Å². The van der Waals surface area contributed by atoms with Gasteiger partial charge in [0.05, 0.1) is 18.2 Å². The maximum atomic E-state index is 14.4. The van der Waals surface area contributed by atoms with Crippen molar-refractivity contribution in [3.8, 4) is 0 Å². The molecule has 2 atom stereocenters. The van der Waals surface area contributed by atoms with Crippen molar-refractivity contribution in [1.82, 2.24) is 0 Å². The fourth-order valence-corrected chi connectivity index (χ4v) is 5.63. The summed E-state index contributed by atoms with van der Waals surface area (Å²) in [6.07, 6.45) is 0. The van der Waals surface area contributed by atoms with E-state index in [1.165, 1.54) is 11.0 Å². The van der Waals surface area contributed by atoms with Crippen molar-refractivity contribution in [3.63, 3.8) is 0 Å². The Hall–Kier alpha value is -3.07. The average molecular weight is 531 g/mol. The molecular weight excluding hydrogens is 507 g/mol. The van der Waals surface area contributed by atoms with Crippen LogP contribution in [-0.2, 0) is 35.1 Å². The number of carbonyl (C=O) groups is 1. The van der Waals surface area contributed by atoms with E-state index in [1.807, 2.05) is 30.3 Å². The summed E-state index contributed by atoms with van der Waals surface area (Å²) in [5.41, 5.74) is -0.217. The Morgan fingerprint density at radius 2 is 1.64 bits per heavy atom. The molecular formula is C25H24ClN2O7P. The summed E-state index contributed by atoms with van der Waals surface area (Å²) in [6, 6.07) is 22.4. The number of nitro groups is 1. The molecule has 0 bridgehead atoms. The maximum absolute atomic E-state index is 14.4. The van der Waals surface area contributed by atoms with Gasteiger partial charge in [0.1, 0.15) is 0 Å². The monoisotopic (exact) mass is 530 g/mol. The molecule has 36 heavy (non-hydrogen) atoms. The minimum atomic E-state index is -4.34. The largest absolute Gasteiger partial charge is 0.475 e. The van der Waals surface area contributed by atoms with E-state index in [0.29, 0.717) is 11.3 Å². The maximum Gasteiger partial charge on any atom is 0.475 e. The molecule has 9 nitrogen and oxygen atoms in total. The van der Waals surface area contributed by atoms with Crippen LogP contribution < -0.4 is 4.90 Å². The molecule has 0 radical (unpaired) electrons. The summed E-state index contributed by atoms with van der Waals surface area (Å²) in [6.45, 7) is -0.558. The van der Waals surface area contributed by atoms with Crippen molar-refractivity contribution in [2.24, 2.45) is 0 Å². The minimum absolute atomic E-state index is 0.143. The lowest BCUT2D eigenvalue weighted by Crippen LogP contribution is -2.48. The first-order valence-electron chi connectivity index (χ1n) is 11.0. The number of carbonyl (C=O) groups excluding carboxylic acids is 1. The number of hydrogen-bond donors (Lipinski definition) is 0. The fraction of sp³-hybridized carbons (Fsp3) is 0.240. The van der Waals surface area contributed by atoms with Crippen molar-refractivity contribution >= 4 is 31.0 Å². The number of nitrogens with zero attached hydrogens (tertiary/aromatic N) is 2. The molecule has 0 aliphatic carbocycles. The lowest BCUT2D eigenvalue weighted by Gasteiger charge is -2.36. The van der Waals surface area contributed by atoms with Crippen LogP contribution in [0.15, 0.2) is 78.9 Å². The number of amides is 1. The van der Waals surface area contributed by atoms with Crippen molar-refractivity contribution in [3.05, 3.63) is 111 Å². The van der Waals surface area contributed by atoms with Gasteiger partial charge >= 0.3 is 7.82 Å². The van der Waals surface area contributed by atoms with E-state index in [2.05, 4.69) is 0 Å². The van der Waals surface area contributed by atoms with Crippen LogP contribution in [0.25, 0.3) is 0 Å². The Morgan fingerprint density at radius 1 is 1.03 bits per heavy atom. The van der Waals surface area contributed by atoms with E-state index in [4.69, 9.17) is 25.2 Å². The molecule has 0 N–H and O–H groups in total. The molecule has 0 saturated heterocycles. The molecule has 0 fully saturated rings. The third kappa shape index (κ3) is 4.81. The molecule has 1 amide bonds. The number of hydrogen-bond acceptors (Lipinski definition) is 7. The molecule has 4 rings (SSSR count). The molecule has 1 aliphatic rings. The van der Waals surface area contributed by atoms with Crippen molar-refractivity contribution < 1.29 is 27.9 Å². The smallest absolute Gasteiger partial charge is 0.305 e. The van der Waals surface area contributed by atoms with Gasteiger partial charge in [0.25, 0.3) is 5.91 Å². The van der Waals surface area contributed by atoms with Gasteiger partial charge in [0, 0.05) is 29.7 Å². The highest BCUT2D eigenvalue weighted by molar-refractivity contribution is 7.48. The number of anilines is 1. The zero-order valence-corrected chi connectivity index (χ0v) is 21.2. The minimum Gasteiger partial charge on any atom is -0.305 e. The summed E-state index contributed by atoms with van der Waals surface area (Å²) in [7, 11) is -2.12. The Balaban J connectivity index is 2.00. The van der Waals surface area contributed by atoms with Gasteiger partial charge in [-0.3, -0.25) is 28.5 Å². The quantitative estimate of drug-likeness (QED) is 0.192. The van der Waals surface area contributed by atoms with Crippen LogP contribution >= 0.6 is 19.4 Å². The van der Waals surface area contributed by atoms with Gasteiger partial charge in [-0.25, -0.2) is 4.57 Å². The lowest BCUT2D eigenvalue weighted by molar-refractivity contribution is -0.486. The first-order valence-corrected chi connectivity index (χ1v) is 12.8. The predicted octanol–water partition coefficient (Wildman–Crippen LogP) is 5.56. The second kappa shape index (κ2) is 10.5. The number of benzene rings is 3. The number of halogens is 1. The standard InChI is InChI=1S/C25H24ClN2O7P/c1-33-36(32,34-2)35-25(22(17-28(30)31)19-11-7-4-8-12-19)21-15-20(26)13-14-23(21)27(24(25)29)16-18-9-5-3-6-10-18/h3-15,22H,16-17H2,1-2H3/t22-,25-/m0/s1. The fourth-order valence-electron chi connectivity index (χ4n) is 4.51. The van der Waals surface area contributed by atoms with Crippen LogP contribution in [0.5, 0.6) is 0 Å². The third-order valence-electron chi connectivity index (χ3n) is 6.12. The van der Waals surface area contributed by atoms with E-state index >= 15 is 0 Å². The van der Waals surface area contributed by atoms with Crippen LogP contribution in [-0.4, -0.2) is 31.6 Å². The molecule has 188 valence electrons. The Kier molecular flexibility index (Phi) is 7.59. The topological polar surface area (TPSA) is 108 Å². The molecule has 0 spiro atoms. The number of rotatable bonds is 10. The highest BCUT2D eigenvalue weighted by Gasteiger charge is 2.62. The summed E-state index contributed by atoms with van der Waals surface area (Å²) < 4.78 is 29.5. The zero-order chi connectivity index (χ0) is 25.9. The molecule has 0 saturated carbocycles. The van der Waals surface area contributed by atoms with Gasteiger partial charge in [0.15, 0.2) is 5.60 Å². The van der Waals surface area contributed by atoms with Crippen molar-refractivity contribution in [1.29, 1.82) is 0 Å². The molecule has 3 aromatic rings. The summed E-state index contributed by atoms with van der Waals surface area (Å²) in [5.74, 6) is -1.84. The van der Waals surface area contributed by atoms with Crippen LogP contribution in [0.2, 0.25) is 5.02 Å². The first kappa shape index (κ1) is 26.0. The highest BCUT2D eigenvalue weighted by atomic mass is 35.5. The van der Waals surface area contributed by atoms with E-state index in [-0.39, 0.29) is 17.1 Å². The van der Waals surface area contributed by atoms with E-state index in [1.54, 1.807) is 42.5 Å². The SMILES string of the molecule is COP(=O)(OC)O[C@@]1([C@@H](C[N+](=O)[O-])c2ccccc2)C(=O)N(Cc2ccccc2)c2ccc(Cl)cc21. The van der Waals surface area contributed by atoms with Crippen molar-refractivity contribution in [2.45, 2.75) is 18.1 Å². The third-order valence-corrected chi connectivity index (χ3v) is 7.76. The Bertz CT molecular complexity index is 1300. The second-order valence-corrected chi connectivity index (χ2v) is 10.4. The van der Waals surface area contributed by atoms with Crippen molar-refractivity contribution in [2.75, 3.05) is 25.7 Å². The Labute approximate surface area is 213 Å². The van der Waals surface area contributed by atoms with Crippen LogP contribution in [0, 0.1) is 10.1 Å². The second-order valence-electron chi connectivity index (χ2n) is 8.16. The molecule has 11 heteroatoms. The van der Waals surface area contributed by atoms with Gasteiger partial charge in [-0.05, 0) is 29.3 Å². The molecule has 1 aliphatic heterocycles. The summed E-state index contributed by atoms with van der Waals surface area (Å²) in [5, 5.41) is 12.2. The first-order chi connectivity index (χ1) is 17.2. The summed E-state index contributed by atoms with van der Waals surface area (Å²) >= 11 is 6.35. The molecule has 0 unspecified atom stereocenters. The van der Waals surface area contributed by atoms with Gasteiger partial charge in [0.2, 0.25) is 6.54 Å². The number of fused-ring (bicyclic) bond motifs is 1.